The van der Waals surface area contributed by atoms with Crippen LogP contribution in [0.5, 0.6) is 5.88 Å². The van der Waals surface area contributed by atoms with Crippen molar-refractivity contribution in [1.82, 2.24) is 4.98 Å². The molecule has 0 radical (unpaired) electrons. The molecule has 1 saturated heterocycles. The van der Waals surface area contributed by atoms with Gasteiger partial charge in [-0.3, -0.25) is 4.79 Å². The van der Waals surface area contributed by atoms with Crippen LogP contribution < -0.4 is 10.1 Å². The van der Waals surface area contributed by atoms with Crippen LogP contribution in [0.15, 0.2) is 36.5 Å². The number of amides is 1. The third-order valence-corrected chi connectivity index (χ3v) is 4.12. The van der Waals surface area contributed by atoms with Gasteiger partial charge >= 0.3 is 6.18 Å². The largest absolute Gasteiger partial charge is 0.468 e. The highest BCUT2D eigenvalue weighted by Crippen LogP contribution is 2.32. The topological polar surface area (TPSA) is 60.5 Å². The number of nitrogens with one attached hydrogen (secondary N) is 1. The Morgan fingerprint density at radius 2 is 2.07 bits per heavy atom. The van der Waals surface area contributed by atoms with Crippen LogP contribution >= 0.6 is 11.6 Å². The van der Waals surface area contributed by atoms with Crippen LogP contribution in [0.2, 0.25) is 5.02 Å². The maximum absolute atomic E-state index is 12.5. The summed E-state index contributed by atoms with van der Waals surface area (Å²) in [5, 5.41) is 3.15. The number of hydrogen-bond donors (Lipinski definition) is 1. The van der Waals surface area contributed by atoms with Crippen molar-refractivity contribution >= 4 is 23.2 Å². The summed E-state index contributed by atoms with van der Waals surface area (Å²) >= 11 is 5.87. The van der Waals surface area contributed by atoms with E-state index in [1.807, 2.05) is 0 Å². The van der Waals surface area contributed by atoms with Gasteiger partial charge in [-0.15, -0.1) is 0 Å². The van der Waals surface area contributed by atoms with Crippen LogP contribution in [-0.4, -0.2) is 36.4 Å². The van der Waals surface area contributed by atoms with Crippen molar-refractivity contribution in [2.45, 2.75) is 25.1 Å². The Morgan fingerprint density at radius 3 is 2.70 bits per heavy atom. The van der Waals surface area contributed by atoms with E-state index >= 15 is 0 Å². The number of carbonyl (C=O) groups is 1. The van der Waals surface area contributed by atoms with Gasteiger partial charge in [0.2, 0.25) is 5.88 Å². The molecule has 1 aliphatic rings. The summed E-state index contributed by atoms with van der Waals surface area (Å²) in [4.78, 5) is 16.1. The van der Waals surface area contributed by atoms with E-state index in [1.54, 1.807) is 24.3 Å². The number of pyridine rings is 1. The highest BCUT2D eigenvalue weighted by Gasteiger charge is 2.29. The summed E-state index contributed by atoms with van der Waals surface area (Å²) in [6.45, 7) is -0.946. The van der Waals surface area contributed by atoms with Crippen molar-refractivity contribution in [2.24, 2.45) is 0 Å². The predicted molar refractivity (Wildman–Crippen MR) is 93.8 cm³/mol. The highest BCUT2D eigenvalue weighted by molar-refractivity contribution is 6.30. The molecule has 1 aliphatic heterocycles. The summed E-state index contributed by atoms with van der Waals surface area (Å²) in [6.07, 6.45) is -2.36. The number of carbonyl (C=O) groups excluding carboxylic acids is 1. The second-order valence-electron chi connectivity index (χ2n) is 5.98. The van der Waals surface area contributed by atoms with E-state index in [0.29, 0.717) is 34.9 Å². The van der Waals surface area contributed by atoms with Gasteiger partial charge in [-0.25, -0.2) is 4.98 Å². The van der Waals surface area contributed by atoms with E-state index in [9.17, 15) is 18.0 Å². The normalized spacial score (nSPS) is 17.0. The number of benzene rings is 1. The van der Waals surface area contributed by atoms with Crippen LogP contribution in [0, 0.1) is 0 Å². The zero-order valence-corrected chi connectivity index (χ0v) is 14.8. The summed E-state index contributed by atoms with van der Waals surface area (Å²) in [6, 6.07) is 7.97. The standard InChI is InChI=1S/C18H16ClF3N2O3/c19-12-5-3-11(4-6-12)14-8-13(24-16(25)15-2-1-7-26-15)9-23-17(14)27-10-18(20,21)22/h3-6,8-9,15H,1-2,7,10H2,(H,24,25). The van der Waals surface area contributed by atoms with Gasteiger partial charge in [0, 0.05) is 17.2 Å². The molecule has 5 nitrogen and oxygen atoms in total. The van der Waals surface area contributed by atoms with Gasteiger partial charge in [-0.2, -0.15) is 13.2 Å². The molecular weight excluding hydrogens is 385 g/mol. The number of hydrogen-bond acceptors (Lipinski definition) is 4. The van der Waals surface area contributed by atoms with Crippen molar-refractivity contribution in [1.29, 1.82) is 0 Å². The van der Waals surface area contributed by atoms with Crippen molar-refractivity contribution in [3.8, 4) is 17.0 Å². The number of halogens is 4. The van der Waals surface area contributed by atoms with Crippen LogP contribution in [0.25, 0.3) is 11.1 Å². The smallest absolute Gasteiger partial charge is 0.422 e. The monoisotopic (exact) mass is 400 g/mol. The second-order valence-corrected chi connectivity index (χ2v) is 6.41. The average molecular weight is 401 g/mol. The first-order chi connectivity index (χ1) is 12.8. The fraction of sp³-hybridized carbons (Fsp3) is 0.333. The summed E-state index contributed by atoms with van der Waals surface area (Å²) < 4.78 is 47.7. The number of nitrogens with zero attached hydrogens (tertiary/aromatic N) is 1. The van der Waals surface area contributed by atoms with Gasteiger partial charge in [0.15, 0.2) is 6.61 Å². The number of anilines is 1. The second kappa shape index (κ2) is 8.14. The van der Waals surface area contributed by atoms with Crippen molar-refractivity contribution in [2.75, 3.05) is 18.5 Å². The molecule has 27 heavy (non-hydrogen) atoms. The Hall–Kier alpha value is -2.32. The first-order valence-electron chi connectivity index (χ1n) is 8.20. The number of rotatable bonds is 5. The molecule has 2 aromatic rings. The van der Waals surface area contributed by atoms with Crippen LogP contribution in [-0.2, 0) is 9.53 Å². The van der Waals surface area contributed by atoms with E-state index in [0.717, 1.165) is 6.42 Å². The summed E-state index contributed by atoms with van der Waals surface area (Å²) in [5.41, 5.74) is 1.19. The fourth-order valence-electron chi connectivity index (χ4n) is 2.63. The molecule has 0 aliphatic carbocycles. The van der Waals surface area contributed by atoms with E-state index in [1.165, 1.54) is 12.3 Å². The molecule has 0 saturated carbocycles. The van der Waals surface area contributed by atoms with E-state index in [-0.39, 0.29) is 11.8 Å². The lowest BCUT2D eigenvalue weighted by molar-refractivity contribution is -0.154. The molecule has 1 aromatic heterocycles. The third-order valence-electron chi connectivity index (χ3n) is 3.87. The quantitative estimate of drug-likeness (QED) is 0.805. The van der Waals surface area contributed by atoms with Crippen molar-refractivity contribution < 1.29 is 27.4 Å². The van der Waals surface area contributed by atoms with Gasteiger partial charge in [-0.1, -0.05) is 23.7 Å². The highest BCUT2D eigenvalue weighted by atomic mass is 35.5. The zero-order chi connectivity index (χ0) is 19.4. The number of aromatic nitrogens is 1. The van der Waals surface area contributed by atoms with Gasteiger partial charge in [0.05, 0.1) is 11.9 Å². The van der Waals surface area contributed by atoms with Crippen LogP contribution in [0.1, 0.15) is 12.8 Å². The van der Waals surface area contributed by atoms with E-state index in [4.69, 9.17) is 21.1 Å². The van der Waals surface area contributed by atoms with Gasteiger partial charge in [-0.05, 0) is 36.6 Å². The average Bonchev–Trinajstić information content (AvgIpc) is 3.15. The molecule has 2 heterocycles. The van der Waals surface area contributed by atoms with Crippen LogP contribution in [0.4, 0.5) is 18.9 Å². The molecule has 1 unspecified atom stereocenters. The number of alkyl halides is 3. The lowest BCUT2D eigenvalue weighted by Crippen LogP contribution is -2.27. The molecule has 1 amide bonds. The van der Waals surface area contributed by atoms with Gasteiger partial charge < -0.3 is 14.8 Å². The first-order valence-corrected chi connectivity index (χ1v) is 8.57. The van der Waals surface area contributed by atoms with Crippen molar-refractivity contribution in [3.63, 3.8) is 0 Å². The lowest BCUT2D eigenvalue weighted by atomic mass is 10.1. The van der Waals surface area contributed by atoms with Gasteiger partial charge in [0.25, 0.3) is 5.91 Å². The molecule has 1 fully saturated rings. The Balaban J connectivity index is 1.87. The Bertz CT molecular complexity index is 806. The first kappa shape index (κ1) is 19.4. The molecular formula is C18H16ClF3N2O3. The Morgan fingerprint density at radius 1 is 1.33 bits per heavy atom. The zero-order valence-electron chi connectivity index (χ0n) is 14.1. The molecule has 0 bridgehead atoms. The molecule has 1 N–H and O–H groups in total. The molecule has 9 heteroatoms. The van der Waals surface area contributed by atoms with E-state index in [2.05, 4.69) is 10.3 Å². The molecule has 1 atom stereocenters. The summed E-state index contributed by atoms with van der Waals surface area (Å²) in [7, 11) is 0. The minimum Gasteiger partial charge on any atom is -0.468 e. The predicted octanol–water partition coefficient (Wildman–Crippen LogP) is 4.46. The molecule has 3 rings (SSSR count). The lowest BCUT2D eigenvalue weighted by Gasteiger charge is -2.15. The minimum atomic E-state index is -4.49. The van der Waals surface area contributed by atoms with Gasteiger partial charge in [0.1, 0.15) is 6.10 Å². The molecule has 144 valence electrons. The van der Waals surface area contributed by atoms with Crippen LogP contribution in [0.3, 0.4) is 0 Å². The summed E-state index contributed by atoms with van der Waals surface area (Å²) in [5.74, 6) is -0.509. The molecule has 1 aromatic carbocycles. The SMILES string of the molecule is O=C(Nc1cnc(OCC(F)(F)F)c(-c2ccc(Cl)cc2)c1)C1CCCO1. The molecule has 0 spiro atoms. The number of ether oxygens (including phenoxy) is 2. The maximum atomic E-state index is 12.5. The third kappa shape index (κ3) is 5.33. The van der Waals surface area contributed by atoms with Crippen molar-refractivity contribution in [3.05, 3.63) is 41.6 Å². The Kier molecular flexibility index (Phi) is 5.86. The van der Waals surface area contributed by atoms with E-state index < -0.39 is 18.9 Å². The fourth-order valence-corrected chi connectivity index (χ4v) is 2.76. The Labute approximate surface area is 158 Å². The maximum Gasteiger partial charge on any atom is 0.422 e. The minimum absolute atomic E-state index is 0.190.